The van der Waals surface area contributed by atoms with Gasteiger partial charge in [0, 0.05) is 24.0 Å². The first-order valence-electron chi connectivity index (χ1n) is 6.68. The highest BCUT2D eigenvalue weighted by Crippen LogP contribution is 2.34. The number of hydrogen-bond acceptors (Lipinski definition) is 5. The molecule has 1 atom stereocenters. The molecule has 0 amide bonds. The van der Waals surface area contributed by atoms with Crippen molar-refractivity contribution in [2.45, 2.75) is 25.1 Å². The van der Waals surface area contributed by atoms with E-state index in [0.29, 0.717) is 10.9 Å². The first-order valence-corrected chi connectivity index (χ1v) is 7.50. The molecule has 2 aromatic heterocycles. The Bertz CT molecular complexity index is 640. The lowest BCUT2D eigenvalue weighted by Gasteiger charge is -2.17. The zero-order valence-corrected chi connectivity index (χ0v) is 12.3. The van der Waals surface area contributed by atoms with E-state index >= 15 is 0 Å². The Labute approximate surface area is 124 Å². The van der Waals surface area contributed by atoms with Gasteiger partial charge in [-0.1, -0.05) is 0 Å². The highest BCUT2D eigenvalue weighted by atomic mass is 32.1. The van der Waals surface area contributed by atoms with Crippen LogP contribution in [-0.4, -0.2) is 42.3 Å². The fourth-order valence-electron chi connectivity index (χ4n) is 2.62. The quantitative estimate of drug-likeness (QED) is 0.945. The van der Waals surface area contributed by atoms with Gasteiger partial charge in [-0.05, 0) is 19.5 Å². The third-order valence-corrected chi connectivity index (χ3v) is 4.67. The summed E-state index contributed by atoms with van der Waals surface area (Å²) >= 11 is 1.09. The van der Waals surface area contributed by atoms with Crippen LogP contribution in [0, 0.1) is 0 Å². The topological polar surface area (TPSA) is 41.0 Å². The van der Waals surface area contributed by atoms with Crippen molar-refractivity contribution in [3.05, 3.63) is 17.3 Å². The summed E-state index contributed by atoms with van der Waals surface area (Å²) in [6, 6.07) is 1.97. The summed E-state index contributed by atoms with van der Waals surface area (Å²) in [7, 11) is 1.91. The number of rotatable bonds is 3. The molecule has 0 bridgehead atoms. The Morgan fingerprint density at radius 3 is 2.90 bits per heavy atom. The summed E-state index contributed by atoms with van der Waals surface area (Å²) in [5.41, 5.74) is 0. The van der Waals surface area contributed by atoms with Crippen molar-refractivity contribution in [1.82, 2.24) is 15.3 Å². The highest BCUT2D eigenvalue weighted by molar-refractivity contribution is 7.18. The smallest absolute Gasteiger partial charge is 0.354 e. The van der Waals surface area contributed by atoms with E-state index in [1.54, 1.807) is 6.07 Å². The molecule has 0 aromatic carbocycles. The lowest BCUT2D eigenvalue weighted by atomic mass is 10.3. The van der Waals surface area contributed by atoms with Crippen LogP contribution in [0.25, 0.3) is 10.2 Å². The summed E-state index contributed by atoms with van der Waals surface area (Å²) in [6.07, 6.45) is -2.67. The molecule has 0 spiro atoms. The summed E-state index contributed by atoms with van der Waals surface area (Å²) in [5, 5.41) is 3.94. The lowest BCUT2D eigenvalue weighted by molar-refractivity contribution is -0.126. The van der Waals surface area contributed by atoms with Crippen LogP contribution in [0.1, 0.15) is 11.3 Å². The van der Waals surface area contributed by atoms with Crippen LogP contribution in [0.5, 0.6) is 0 Å². The normalized spacial score (nSPS) is 19.6. The van der Waals surface area contributed by atoms with Crippen LogP contribution in [0.2, 0.25) is 0 Å². The van der Waals surface area contributed by atoms with E-state index in [4.69, 9.17) is 0 Å². The summed E-state index contributed by atoms with van der Waals surface area (Å²) in [5.74, 6) is 0.738. The second-order valence-electron chi connectivity index (χ2n) is 5.14. The molecule has 4 nitrogen and oxygen atoms in total. The fraction of sp³-hybridized carbons (Fsp3) is 0.538. The van der Waals surface area contributed by atoms with E-state index in [9.17, 15) is 13.2 Å². The number of aromatic nitrogens is 2. The number of alkyl halides is 3. The minimum Gasteiger partial charge on any atom is -0.354 e. The molecule has 114 valence electrons. The monoisotopic (exact) mass is 316 g/mol. The number of nitrogens with zero attached hydrogens (tertiary/aromatic N) is 3. The average Bonchev–Trinajstić information content (AvgIpc) is 3.01. The average molecular weight is 316 g/mol. The van der Waals surface area contributed by atoms with Crippen molar-refractivity contribution in [2.24, 2.45) is 0 Å². The number of fused-ring (bicyclic) bond motifs is 1. The van der Waals surface area contributed by atoms with Gasteiger partial charge in [-0.3, -0.25) is 0 Å². The summed E-state index contributed by atoms with van der Waals surface area (Å²) in [4.78, 5) is 11.4. The zero-order chi connectivity index (χ0) is 15.0. The molecule has 0 saturated carbocycles. The Kier molecular flexibility index (Phi) is 3.75. The molecule has 3 rings (SSSR count). The second-order valence-corrected chi connectivity index (χ2v) is 6.26. The van der Waals surface area contributed by atoms with Crippen LogP contribution >= 0.6 is 11.3 Å². The van der Waals surface area contributed by atoms with E-state index in [1.807, 2.05) is 7.05 Å². The Morgan fingerprint density at radius 1 is 1.43 bits per heavy atom. The first-order chi connectivity index (χ1) is 9.96. The predicted molar refractivity (Wildman–Crippen MR) is 76.9 cm³/mol. The fourth-order valence-corrected chi connectivity index (χ4v) is 3.64. The molecule has 8 heteroatoms. The highest BCUT2D eigenvalue weighted by Gasteiger charge is 2.30. The van der Waals surface area contributed by atoms with Crippen LogP contribution in [0.3, 0.4) is 0 Å². The zero-order valence-electron chi connectivity index (χ0n) is 11.4. The van der Waals surface area contributed by atoms with Gasteiger partial charge >= 0.3 is 6.18 Å². The van der Waals surface area contributed by atoms with Crippen molar-refractivity contribution in [3.8, 4) is 0 Å². The van der Waals surface area contributed by atoms with E-state index in [0.717, 1.165) is 42.1 Å². The Balaban J connectivity index is 1.93. The maximum absolute atomic E-state index is 12.5. The van der Waals surface area contributed by atoms with Gasteiger partial charge in [0.15, 0.2) is 0 Å². The molecule has 1 saturated heterocycles. The predicted octanol–water partition coefficient (Wildman–Crippen LogP) is 2.59. The molecule has 1 N–H and O–H groups in total. The third-order valence-electron chi connectivity index (χ3n) is 3.63. The molecule has 0 radical (unpaired) electrons. The van der Waals surface area contributed by atoms with Crippen molar-refractivity contribution >= 4 is 27.4 Å². The maximum Gasteiger partial charge on any atom is 0.393 e. The number of halogens is 3. The lowest BCUT2D eigenvalue weighted by Crippen LogP contribution is -2.29. The largest absolute Gasteiger partial charge is 0.393 e. The molecule has 1 unspecified atom stereocenters. The summed E-state index contributed by atoms with van der Waals surface area (Å²) < 4.78 is 37.6. The second kappa shape index (κ2) is 5.42. The van der Waals surface area contributed by atoms with Crippen molar-refractivity contribution in [2.75, 3.05) is 25.0 Å². The van der Waals surface area contributed by atoms with Gasteiger partial charge in [-0.2, -0.15) is 13.2 Å². The Morgan fingerprint density at radius 2 is 2.24 bits per heavy atom. The van der Waals surface area contributed by atoms with E-state index < -0.39 is 12.6 Å². The SMILES string of the molecule is CNC1CCN(c2ncnc3sc(CC(F)(F)F)cc23)C1. The van der Waals surface area contributed by atoms with Gasteiger partial charge in [0.05, 0.1) is 11.8 Å². The van der Waals surface area contributed by atoms with Gasteiger partial charge in [0.25, 0.3) is 0 Å². The summed E-state index contributed by atoms with van der Waals surface area (Å²) in [6.45, 7) is 1.66. The van der Waals surface area contributed by atoms with E-state index in [1.165, 1.54) is 6.33 Å². The van der Waals surface area contributed by atoms with Crippen LogP contribution in [0.4, 0.5) is 19.0 Å². The Hall–Kier alpha value is -1.41. The van der Waals surface area contributed by atoms with Gasteiger partial charge in [-0.15, -0.1) is 11.3 Å². The van der Waals surface area contributed by atoms with Crippen LogP contribution in [-0.2, 0) is 6.42 Å². The standard InChI is InChI=1S/C13H15F3N4S/c1-17-8-2-3-20(6-8)11-10-4-9(5-13(14,15)16)21-12(10)19-7-18-11/h4,7-8,17H,2-3,5-6H2,1H3. The molecule has 21 heavy (non-hydrogen) atoms. The van der Waals surface area contributed by atoms with Gasteiger partial charge in [0.1, 0.15) is 17.0 Å². The van der Waals surface area contributed by atoms with E-state index in [-0.39, 0.29) is 4.88 Å². The molecule has 1 aliphatic heterocycles. The third kappa shape index (κ3) is 3.11. The number of likely N-dealkylation sites (N-methyl/N-ethyl adjacent to an activating group) is 1. The van der Waals surface area contributed by atoms with Crippen molar-refractivity contribution in [1.29, 1.82) is 0 Å². The molecule has 2 aromatic rings. The van der Waals surface area contributed by atoms with Gasteiger partial charge < -0.3 is 10.2 Å². The van der Waals surface area contributed by atoms with Gasteiger partial charge in [-0.25, -0.2) is 9.97 Å². The van der Waals surface area contributed by atoms with Gasteiger partial charge in [0.2, 0.25) is 0 Å². The van der Waals surface area contributed by atoms with E-state index in [2.05, 4.69) is 20.2 Å². The minimum atomic E-state index is -4.20. The molecule has 1 fully saturated rings. The van der Waals surface area contributed by atoms with Crippen LogP contribution in [0.15, 0.2) is 12.4 Å². The molecule has 3 heterocycles. The van der Waals surface area contributed by atoms with Crippen molar-refractivity contribution < 1.29 is 13.2 Å². The number of anilines is 1. The number of thiophene rings is 1. The molecule has 1 aliphatic rings. The molecule has 0 aliphatic carbocycles. The first kappa shape index (κ1) is 14.5. The maximum atomic E-state index is 12.5. The molecular weight excluding hydrogens is 301 g/mol. The molecular formula is C13H15F3N4S. The van der Waals surface area contributed by atoms with Crippen molar-refractivity contribution in [3.63, 3.8) is 0 Å². The number of nitrogens with one attached hydrogen (secondary N) is 1. The van der Waals surface area contributed by atoms with Crippen LogP contribution < -0.4 is 10.2 Å². The number of hydrogen-bond donors (Lipinski definition) is 1. The minimum absolute atomic E-state index is 0.281.